The third kappa shape index (κ3) is 5.00. The number of aromatic nitrogens is 2. The first-order valence-electron chi connectivity index (χ1n) is 18.7. The number of hydrogen-bond donors (Lipinski definition) is 0. The highest BCUT2D eigenvalue weighted by atomic mass is 15.3. The molecule has 3 saturated heterocycles. The molecular formula is C38H58N6. The fourth-order valence-electron chi connectivity index (χ4n) is 11.5. The van der Waals surface area contributed by atoms with E-state index in [1.807, 2.05) is 5.57 Å². The van der Waals surface area contributed by atoms with Crippen LogP contribution in [0.5, 0.6) is 0 Å². The fraction of sp³-hybridized carbons (Fsp3) is 0.789. The lowest BCUT2D eigenvalue weighted by molar-refractivity contribution is 0.0514. The summed E-state index contributed by atoms with van der Waals surface area (Å²) in [6, 6.07) is 2.30. The molecular weight excluding hydrogens is 540 g/mol. The first kappa shape index (κ1) is 29.3. The van der Waals surface area contributed by atoms with Gasteiger partial charge in [-0.3, -0.25) is 4.90 Å². The van der Waals surface area contributed by atoms with Gasteiger partial charge in [0.1, 0.15) is 11.6 Å². The highest BCUT2D eigenvalue weighted by Crippen LogP contribution is 2.66. The van der Waals surface area contributed by atoms with Gasteiger partial charge in [-0.15, -0.1) is 0 Å². The van der Waals surface area contributed by atoms with Crippen LogP contribution in [0.4, 0.5) is 17.6 Å². The summed E-state index contributed by atoms with van der Waals surface area (Å²) in [5, 5.41) is 0. The van der Waals surface area contributed by atoms with Crippen molar-refractivity contribution < 1.29 is 0 Å². The number of nitrogens with zero attached hydrogens (tertiary/aromatic N) is 6. The van der Waals surface area contributed by atoms with E-state index in [0.29, 0.717) is 10.8 Å². The minimum Gasteiger partial charge on any atom is -0.356 e. The van der Waals surface area contributed by atoms with E-state index < -0.39 is 0 Å². The Morgan fingerprint density at radius 2 is 1.50 bits per heavy atom. The molecule has 0 aromatic carbocycles. The predicted octanol–water partition coefficient (Wildman–Crippen LogP) is 7.18. The van der Waals surface area contributed by atoms with Gasteiger partial charge in [-0.05, 0) is 112 Å². The van der Waals surface area contributed by atoms with Crippen LogP contribution in [0.2, 0.25) is 0 Å². The van der Waals surface area contributed by atoms with Gasteiger partial charge in [0, 0.05) is 63.8 Å². The number of allylic oxidation sites excluding steroid dienone is 4. The number of hydrogen-bond acceptors (Lipinski definition) is 6. The summed E-state index contributed by atoms with van der Waals surface area (Å²) < 4.78 is 0. The van der Waals surface area contributed by atoms with Gasteiger partial charge in [0.2, 0.25) is 5.95 Å². The zero-order chi connectivity index (χ0) is 29.9. The largest absolute Gasteiger partial charge is 0.356 e. The van der Waals surface area contributed by atoms with Crippen molar-refractivity contribution in [1.29, 1.82) is 0 Å². The van der Waals surface area contributed by atoms with Crippen molar-refractivity contribution in [3.05, 3.63) is 29.9 Å². The van der Waals surface area contributed by atoms with E-state index in [2.05, 4.69) is 64.7 Å². The maximum absolute atomic E-state index is 5.16. The summed E-state index contributed by atoms with van der Waals surface area (Å²) in [4.78, 5) is 20.5. The molecule has 0 N–H and O–H groups in total. The van der Waals surface area contributed by atoms with E-state index in [9.17, 15) is 0 Å². The molecule has 8 rings (SSSR count). The molecule has 3 aliphatic heterocycles. The molecule has 0 bridgehead atoms. The first-order chi connectivity index (χ1) is 21.4. The topological polar surface area (TPSA) is 38.7 Å². The van der Waals surface area contributed by atoms with Crippen molar-refractivity contribution in [1.82, 2.24) is 14.9 Å². The molecule has 6 heteroatoms. The average Bonchev–Trinajstić information content (AvgIpc) is 3.82. The van der Waals surface area contributed by atoms with Crippen LogP contribution >= 0.6 is 0 Å². The lowest BCUT2D eigenvalue weighted by Crippen LogP contribution is -2.48. The van der Waals surface area contributed by atoms with Crippen LogP contribution in [0.3, 0.4) is 0 Å². The van der Waals surface area contributed by atoms with Crippen LogP contribution in [-0.2, 0) is 0 Å². The number of fused-ring (bicyclic) bond motifs is 5. The van der Waals surface area contributed by atoms with Gasteiger partial charge >= 0.3 is 0 Å². The van der Waals surface area contributed by atoms with Gasteiger partial charge in [0.25, 0.3) is 0 Å². The van der Waals surface area contributed by atoms with Crippen molar-refractivity contribution in [2.75, 3.05) is 73.6 Å². The monoisotopic (exact) mass is 598 g/mol. The molecule has 0 radical (unpaired) electrons. The fourth-order valence-corrected chi connectivity index (χ4v) is 11.5. The first-order valence-corrected chi connectivity index (χ1v) is 18.7. The summed E-state index contributed by atoms with van der Waals surface area (Å²) in [5.74, 6) is 7.58. The van der Waals surface area contributed by atoms with Crippen LogP contribution in [0, 0.1) is 40.4 Å². The normalized spacial score (nSPS) is 38.9. The van der Waals surface area contributed by atoms with Gasteiger partial charge in [0.05, 0.1) is 0 Å². The van der Waals surface area contributed by atoms with Crippen LogP contribution in [0.15, 0.2) is 29.9 Å². The van der Waals surface area contributed by atoms with Crippen LogP contribution in [-0.4, -0.2) is 73.8 Å². The molecule has 1 aromatic heterocycles. The molecule has 7 aliphatic rings. The third-order valence-electron chi connectivity index (χ3n) is 14.1. The smallest absolute Gasteiger partial charge is 0.229 e. The van der Waals surface area contributed by atoms with E-state index in [1.54, 1.807) is 0 Å². The molecule has 4 heterocycles. The van der Waals surface area contributed by atoms with Crippen molar-refractivity contribution in [2.24, 2.45) is 40.4 Å². The predicted molar refractivity (Wildman–Crippen MR) is 182 cm³/mol. The van der Waals surface area contributed by atoms with Crippen molar-refractivity contribution >= 4 is 17.6 Å². The quantitative estimate of drug-likeness (QED) is 0.323. The Kier molecular flexibility index (Phi) is 7.74. The highest BCUT2D eigenvalue weighted by Gasteiger charge is 2.57. The zero-order valence-electron chi connectivity index (χ0n) is 28.0. The Balaban J connectivity index is 0.920. The molecule has 7 atom stereocenters. The standard InChI is InChI=1S/C38H58N6/c1-28-26-33-30-12-11-29-10-4-5-15-37(29,2)32(30)13-16-38(33,3)31(28)14-21-41-22-24-43(25-23-41)35-27-34(42-17-6-7-18-42)39-36(40-35)44-19-8-9-20-44/h5,13,15,27-31,33H,4,6-12,14,16-26H2,1-3H3/t28-,29-,30-,31+,33+,37+,38-/m1/s1. The summed E-state index contributed by atoms with van der Waals surface area (Å²) in [5.41, 5.74) is 2.68. The minimum absolute atomic E-state index is 0.345. The molecule has 2 saturated carbocycles. The SMILES string of the molecule is C[C@@H]1C[C@H]2[C@@H]3CC[C@H]4CCC=C[C@]4(C)C3=CC[C@]2(C)[C@H]1CCN1CCN(c2cc(N3CCCC3)nc(N3CCCC3)n2)CC1. The highest BCUT2D eigenvalue weighted by molar-refractivity contribution is 5.56. The van der Waals surface area contributed by atoms with Crippen molar-refractivity contribution in [2.45, 2.75) is 91.4 Å². The zero-order valence-corrected chi connectivity index (χ0v) is 28.0. The van der Waals surface area contributed by atoms with E-state index in [-0.39, 0.29) is 0 Å². The Bertz CT molecular complexity index is 1220. The van der Waals surface area contributed by atoms with Gasteiger partial charge in [0.15, 0.2) is 0 Å². The third-order valence-corrected chi connectivity index (χ3v) is 14.1. The van der Waals surface area contributed by atoms with Gasteiger partial charge in [-0.2, -0.15) is 9.97 Å². The Hall–Kier alpha value is -2.08. The maximum atomic E-state index is 5.16. The molecule has 240 valence electrons. The molecule has 0 unspecified atom stereocenters. The molecule has 0 amide bonds. The van der Waals surface area contributed by atoms with Crippen molar-refractivity contribution in [3.8, 4) is 0 Å². The molecule has 1 aromatic rings. The Labute approximate surface area is 267 Å². The van der Waals surface area contributed by atoms with Crippen molar-refractivity contribution in [3.63, 3.8) is 0 Å². The maximum Gasteiger partial charge on any atom is 0.229 e. The summed E-state index contributed by atoms with van der Waals surface area (Å²) in [7, 11) is 0. The summed E-state index contributed by atoms with van der Waals surface area (Å²) in [6.45, 7) is 18.1. The summed E-state index contributed by atoms with van der Waals surface area (Å²) >= 11 is 0. The molecule has 44 heavy (non-hydrogen) atoms. The van der Waals surface area contributed by atoms with E-state index in [1.165, 1.54) is 77.2 Å². The lowest BCUT2D eigenvalue weighted by atomic mass is 9.50. The number of anilines is 3. The van der Waals surface area contributed by atoms with Crippen LogP contribution in [0.25, 0.3) is 0 Å². The molecule has 0 spiro atoms. The summed E-state index contributed by atoms with van der Waals surface area (Å²) in [6.07, 6.45) is 22.7. The molecule has 5 fully saturated rings. The second kappa shape index (κ2) is 11.6. The molecule has 6 nitrogen and oxygen atoms in total. The van der Waals surface area contributed by atoms with Crippen LogP contribution < -0.4 is 14.7 Å². The van der Waals surface area contributed by atoms with Gasteiger partial charge < -0.3 is 14.7 Å². The number of piperazine rings is 1. The second-order valence-corrected chi connectivity index (χ2v) is 16.3. The Morgan fingerprint density at radius 1 is 0.818 bits per heavy atom. The average molecular weight is 599 g/mol. The second-order valence-electron chi connectivity index (χ2n) is 16.3. The molecule has 4 aliphatic carbocycles. The van der Waals surface area contributed by atoms with Gasteiger partial charge in [-0.25, -0.2) is 0 Å². The minimum atomic E-state index is 0.345. The van der Waals surface area contributed by atoms with E-state index in [0.717, 1.165) is 99.5 Å². The Morgan fingerprint density at radius 3 is 2.23 bits per heavy atom. The number of rotatable bonds is 6. The lowest BCUT2D eigenvalue weighted by Gasteiger charge is -2.55. The van der Waals surface area contributed by atoms with Gasteiger partial charge in [-0.1, -0.05) is 44.6 Å². The van der Waals surface area contributed by atoms with E-state index in [4.69, 9.17) is 9.97 Å². The van der Waals surface area contributed by atoms with Crippen LogP contribution in [0.1, 0.15) is 91.4 Å². The van der Waals surface area contributed by atoms with E-state index >= 15 is 0 Å².